The second-order valence-electron chi connectivity index (χ2n) is 8.76. The molecule has 1 fully saturated rings. The Morgan fingerprint density at radius 3 is 2.59 bits per heavy atom. The fourth-order valence-electron chi connectivity index (χ4n) is 4.63. The smallest absolute Gasteiger partial charge is 0.250 e. The van der Waals surface area contributed by atoms with Crippen molar-refractivity contribution in [1.29, 1.82) is 0 Å². The molecule has 1 aliphatic rings. The fraction of sp³-hybridized carbons (Fsp3) is 0.346. The van der Waals surface area contributed by atoms with Gasteiger partial charge in [-0.2, -0.15) is 4.98 Å². The molecule has 0 N–H and O–H groups in total. The van der Waals surface area contributed by atoms with Gasteiger partial charge in [0.15, 0.2) is 0 Å². The first-order valence-electron chi connectivity index (χ1n) is 11.0. The Labute approximate surface area is 188 Å². The summed E-state index contributed by atoms with van der Waals surface area (Å²) in [6.45, 7) is 1.94. The third-order valence-corrected chi connectivity index (χ3v) is 6.12. The Morgan fingerprint density at radius 2 is 1.91 bits per heavy atom. The number of ketones is 1. The van der Waals surface area contributed by atoms with Gasteiger partial charge >= 0.3 is 0 Å². The Hall–Kier alpha value is -3.12. The summed E-state index contributed by atoms with van der Waals surface area (Å²) >= 11 is 0. The van der Waals surface area contributed by atoms with Gasteiger partial charge in [-0.15, -0.1) is 0 Å². The molecule has 0 saturated heterocycles. The van der Waals surface area contributed by atoms with E-state index in [1.54, 1.807) is 18.2 Å². The van der Waals surface area contributed by atoms with Gasteiger partial charge in [-0.05, 0) is 76.4 Å². The molecule has 0 aliphatic heterocycles. The van der Waals surface area contributed by atoms with Gasteiger partial charge in [0.2, 0.25) is 11.6 Å². The van der Waals surface area contributed by atoms with Crippen molar-refractivity contribution in [3.05, 3.63) is 88.3 Å². The van der Waals surface area contributed by atoms with E-state index >= 15 is 0 Å². The molecular weight excluding hydrogens is 405 g/mol. The van der Waals surface area contributed by atoms with Gasteiger partial charge < -0.3 is 9.42 Å². The molecule has 0 spiro atoms. The molecule has 1 saturated carbocycles. The zero-order chi connectivity index (χ0) is 22.7. The van der Waals surface area contributed by atoms with Crippen molar-refractivity contribution in [2.24, 2.45) is 5.92 Å². The molecule has 2 aromatic carbocycles. The lowest BCUT2D eigenvalue weighted by molar-refractivity contribution is 0.102. The van der Waals surface area contributed by atoms with Crippen molar-refractivity contribution in [2.75, 3.05) is 14.1 Å². The van der Waals surface area contributed by atoms with E-state index < -0.39 is 0 Å². The Balaban J connectivity index is 1.43. The lowest BCUT2D eigenvalue weighted by Crippen LogP contribution is -2.29. The number of hydrogen-bond acceptors (Lipinski definition) is 5. The van der Waals surface area contributed by atoms with Crippen LogP contribution in [0.1, 0.15) is 64.9 Å². The van der Waals surface area contributed by atoms with Gasteiger partial charge in [0.1, 0.15) is 5.82 Å². The maximum Gasteiger partial charge on any atom is 0.250 e. The lowest BCUT2D eigenvalue weighted by Gasteiger charge is -2.36. The standard InChI is InChI=1S/C26H28FN3O2/c1-17-6-4-8-21(14-17)25(31)26-28-23(32-29-26)15-18-10-12-19(13-11-18)24(30(2)3)20-7-5-9-22(27)16-20/h4-9,14-16,19,24H,10-13H2,1-3H3. The van der Waals surface area contributed by atoms with E-state index in [4.69, 9.17) is 4.52 Å². The van der Waals surface area contributed by atoms with Crippen molar-refractivity contribution < 1.29 is 13.7 Å². The summed E-state index contributed by atoms with van der Waals surface area (Å²) in [6.07, 6.45) is 5.72. The van der Waals surface area contributed by atoms with Crippen LogP contribution in [0.5, 0.6) is 0 Å². The molecule has 1 atom stereocenters. The minimum atomic E-state index is -0.241. The molecule has 5 nitrogen and oxygen atoms in total. The molecule has 166 valence electrons. The normalized spacial score (nSPS) is 17.4. The Bertz CT molecular complexity index is 1130. The quantitative estimate of drug-likeness (QED) is 0.472. The van der Waals surface area contributed by atoms with Gasteiger partial charge in [-0.3, -0.25) is 4.79 Å². The van der Waals surface area contributed by atoms with Crippen molar-refractivity contribution in [3.8, 4) is 0 Å². The average Bonchev–Trinajstić information content (AvgIpc) is 3.23. The third kappa shape index (κ3) is 5.02. The molecule has 0 radical (unpaired) electrons. The number of carbonyl (C=O) groups excluding carboxylic acids is 1. The van der Waals surface area contributed by atoms with Gasteiger partial charge in [-0.25, -0.2) is 4.39 Å². The summed E-state index contributed by atoms with van der Waals surface area (Å²) < 4.78 is 19.1. The highest BCUT2D eigenvalue weighted by atomic mass is 19.1. The zero-order valence-corrected chi connectivity index (χ0v) is 18.7. The van der Waals surface area contributed by atoms with Crippen LogP contribution < -0.4 is 0 Å². The van der Waals surface area contributed by atoms with Crippen LogP contribution in [0.25, 0.3) is 6.08 Å². The molecule has 1 aliphatic carbocycles. The van der Waals surface area contributed by atoms with Crippen LogP contribution in [0.15, 0.2) is 58.6 Å². The van der Waals surface area contributed by atoms with E-state index in [2.05, 4.69) is 15.0 Å². The highest BCUT2D eigenvalue weighted by Gasteiger charge is 2.28. The Kier molecular flexibility index (Phi) is 6.61. The van der Waals surface area contributed by atoms with Crippen molar-refractivity contribution in [1.82, 2.24) is 15.0 Å². The molecule has 0 amide bonds. The van der Waals surface area contributed by atoms with Crippen molar-refractivity contribution >= 4 is 11.9 Å². The first kappa shape index (κ1) is 22.1. The minimum Gasteiger partial charge on any atom is -0.334 e. The monoisotopic (exact) mass is 433 g/mol. The summed E-state index contributed by atoms with van der Waals surface area (Å²) in [4.78, 5) is 19.1. The first-order valence-corrected chi connectivity index (χ1v) is 11.0. The number of rotatable bonds is 6. The van der Waals surface area contributed by atoms with Crippen LogP contribution in [0.2, 0.25) is 0 Å². The van der Waals surface area contributed by atoms with Gasteiger partial charge in [0, 0.05) is 17.7 Å². The second kappa shape index (κ2) is 9.57. The molecular formula is C26H28FN3O2. The topological polar surface area (TPSA) is 59.2 Å². The maximum atomic E-state index is 13.8. The molecule has 1 heterocycles. The fourth-order valence-corrected chi connectivity index (χ4v) is 4.63. The number of nitrogens with zero attached hydrogens (tertiary/aromatic N) is 3. The summed E-state index contributed by atoms with van der Waals surface area (Å²) in [6, 6.07) is 14.4. The number of benzene rings is 2. The van der Waals surface area contributed by atoms with Gasteiger partial charge in [0.25, 0.3) is 5.89 Å². The number of carbonyl (C=O) groups is 1. The van der Waals surface area contributed by atoms with Crippen LogP contribution in [-0.4, -0.2) is 34.9 Å². The van der Waals surface area contributed by atoms with E-state index in [0.717, 1.165) is 36.8 Å². The zero-order valence-electron chi connectivity index (χ0n) is 18.7. The van der Waals surface area contributed by atoms with E-state index in [-0.39, 0.29) is 23.5 Å². The van der Waals surface area contributed by atoms with E-state index in [1.807, 2.05) is 51.4 Å². The molecule has 3 aromatic rings. The molecule has 0 bridgehead atoms. The van der Waals surface area contributed by atoms with E-state index in [1.165, 1.54) is 11.6 Å². The average molecular weight is 434 g/mol. The minimum absolute atomic E-state index is 0.0786. The highest BCUT2D eigenvalue weighted by Crippen LogP contribution is 2.39. The Morgan fingerprint density at radius 1 is 1.16 bits per heavy atom. The summed E-state index contributed by atoms with van der Waals surface area (Å²) in [5.41, 5.74) is 3.81. The maximum absolute atomic E-state index is 13.8. The molecule has 32 heavy (non-hydrogen) atoms. The molecule has 1 unspecified atom stereocenters. The van der Waals surface area contributed by atoms with Crippen LogP contribution in [0.3, 0.4) is 0 Å². The summed E-state index contributed by atoms with van der Waals surface area (Å²) in [7, 11) is 4.10. The summed E-state index contributed by atoms with van der Waals surface area (Å²) in [5.74, 6) is 0.441. The summed E-state index contributed by atoms with van der Waals surface area (Å²) in [5, 5.41) is 3.88. The van der Waals surface area contributed by atoms with Gasteiger partial charge in [0.05, 0.1) is 0 Å². The predicted molar refractivity (Wildman–Crippen MR) is 122 cm³/mol. The SMILES string of the molecule is Cc1cccc(C(=O)c2noc(C=C3CCC(C(c4cccc(F)c4)N(C)C)CC3)n2)c1. The van der Waals surface area contributed by atoms with Gasteiger partial charge in [-0.1, -0.05) is 46.6 Å². The molecule has 4 rings (SSSR count). The lowest BCUT2D eigenvalue weighted by atomic mass is 9.78. The predicted octanol–water partition coefficient (Wildman–Crippen LogP) is 5.62. The number of aryl methyl sites for hydroxylation is 1. The third-order valence-electron chi connectivity index (χ3n) is 6.12. The van der Waals surface area contributed by atoms with Crippen LogP contribution in [0.4, 0.5) is 4.39 Å². The van der Waals surface area contributed by atoms with Crippen molar-refractivity contribution in [2.45, 2.75) is 38.6 Å². The van der Waals surface area contributed by atoms with Crippen LogP contribution >= 0.6 is 0 Å². The largest absolute Gasteiger partial charge is 0.334 e. The number of halogens is 1. The first-order chi connectivity index (χ1) is 15.4. The highest BCUT2D eigenvalue weighted by molar-refractivity contribution is 6.06. The van der Waals surface area contributed by atoms with E-state index in [9.17, 15) is 9.18 Å². The van der Waals surface area contributed by atoms with Crippen LogP contribution in [0, 0.1) is 18.7 Å². The number of aromatic nitrogens is 2. The van der Waals surface area contributed by atoms with Crippen molar-refractivity contribution in [3.63, 3.8) is 0 Å². The van der Waals surface area contributed by atoms with E-state index in [0.29, 0.717) is 17.4 Å². The second-order valence-corrected chi connectivity index (χ2v) is 8.76. The number of hydrogen-bond donors (Lipinski definition) is 0. The molecule has 1 aromatic heterocycles. The molecule has 6 heteroatoms. The van der Waals surface area contributed by atoms with Crippen LogP contribution in [-0.2, 0) is 0 Å². The number of allylic oxidation sites excluding steroid dienone is 1.